The normalized spacial score (nSPS) is 13.6. The van der Waals surface area contributed by atoms with E-state index in [1.165, 1.54) is 59.5 Å². The van der Waals surface area contributed by atoms with Gasteiger partial charge in [-0.25, -0.2) is 4.98 Å². The molecule has 0 amide bonds. The first-order chi connectivity index (χ1) is 20.8. The lowest BCUT2D eigenvalue weighted by Gasteiger charge is -2.27. The minimum atomic E-state index is 0.929. The summed E-state index contributed by atoms with van der Waals surface area (Å²) in [4.78, 5) is 7.89. The highest BCUT2D eigenvalue weighted by Gasteiger charge is 2.25. The van der Waals surface area contributed by atoms with E-state index in [-0.39, 0.29) is 0 Å². The van der Waals surface area contributed by atoms with Crippen LogP contribution in [-0.2, 0) is 6.42 Å². The Labute approximate surface area is 249 Å². The number of aryl methyl sites for hydroxylation is 1. The maximum absolute atomic E-state index is 5.12. The minimum absolute atomic E-state index is 0.929. The first-order valence-electron chi connectivity index (χ1n) is 14.5. The van der Waals surface area contributed by atoms with Gasteiger partial charge in [-0.1, -0.05) is 103 Å². The number of benzene rings is 5. The molecule has 0 fully saturated rings. The third kappa shape index (κ3) is 3.64. The molecular formula is C39H26N2S. The van der Waals surface area contributed by atoms with Crippen molar-refractivity contribution in [3.05, 3.63) is 145 Å². The molecule has 0 atom stereocenters. The van der Waals surface area contributed by atoms with E-state index in [9.17, 15) is 0 Å². The highest BCUT2D eigenvalue weighted by atomic mass is 32.2. The molecule has 2 aliphatic rings. The van der Waals surface area contributed by atoms with Crippen molar-refractivity contribution in [3.63, 3.8) is 0 Å². The molecule has 0 bridgehead atoms. The molecule has 0 N–H and O–H groups in total. The molecule has 0 radical (unpaired) electrons. The Hall–Kier alpha value is -4.86. The van der Waals surface area contributed by atoms with E-state index in [1.807, 2.05) is 17.8 Å². The fraction of sp³-hybridized carbons (Fsp3) is 0.0513. The smallest absolute Gasteiger partial charge is 0.138 e. The molecule has 0 spiro atoms. The van der Waals surface area contributed by atoms with Crippen molar-refractivity contribution in [2.45, 2.75) is 17.7 Å². The Bertz CT molecular complexity index is 2220. The standard InChI is InChI=1S/C39H26N2S/c1-2-9-25(10-3-1)33-15-8-18-38(40-33)41-34-16-5-4-13-29(34)31-23-27(19-21-35(31)41)28-20-22-36-32(24-28)30-14-6-11-26-12-7-17-37(42-36)39(26)30/h1-6,8-11,13-24H,7,12H2. The average molecular weight is 555 g/mol. The van der Waals surface area contributed by atoms with Gasteiger partial charge in [-0.2, -0.15) is 0 Å². The number of rotatable bonds is 3. The zero-order valence-corrected chi connectivity index (χ0v) is 23.7. The van der Waals surface area contributed by atoms with E-state index in [1.54, 1.807) is 0 Å². The van der Waals surface area contributed by atoms with Crippen LogP contribution in [-0.4, -0.2) is 9.55 Å². The number of fused-ring (bicyclic) bond motifs is 5. The SMILES string of the molecule is C1=C2Sc3ccc(-c4ccc5c(c4)c4ccccc4n5-c4cccc(-c5ccccc5)n4)cc3-c3cccc(c32)CC1. The van der Waals surface area contributed by atoms with Gasteiger partial charge in [0, 0.05) is 26.1 Å². The Balaban J connectivity index is 1.20. The highest BCUT2D eigenvalue weighted by Crippen LogP contribution is 2.52. The summed E-state index contributed by atoms with van der Waals surface area (Å²) in [6.07, 6.45) is 4.68. The molecule has 0 saturated heterocycles. The van der Waals surface area contributed by atoms with E-state index in [0.717, 1.165) is 35.4 Å². The molecule has 9 rings (SSSR count). The number of para-hydroxylation sites is 1. The maximum Gasteiger partial charge on any atom is 0.138 e. The fourth-order valence-electron chi connectivity index (χ4n) is 6.72. The molecule has 2 nitrogen and oxygen atoms in total. The molecule has 2 aromatic heterocycles. The van der Waals surface area contributed by atoms with Crippen molar-refractivity contribution in [3.8, 4) is 39.3 Å². The molecule has 5 aromatic carbocycles. The summed E-state index contributed by atoms with van der Waals surface area (Å²) in [6, 6.07) is 46.1. The van der Waals surface area contributed by atoms with Gasteiger partial charge >= 0.3 is 0 Å². The summed E-state index contributed by atoms with van der Waals surface area (Å²) < 4.78 is 2.30. The zero-order valence-electron chi connectivity index (χ0n) is 22.9. The lowest BCUT2D eigenvalue weighted by Crippen LogP contribution is -2.04. The number of pyridine rings is 1. The van der Waals surface area contributed by atoms with Crippen LogP contribution in [0.25, 0.3) is 66.0 Å². The average Bonchev–Trinajstić information content (AvgIpc) is 3.39. The van der Waals surface area contributed by atoms with Crippen LogP contribution >= 0.6 is 11.8 Å². The first kappa shape index (κ1) is 23.8. The van der Waals surface area contributed by atoms with Crippen LogP contribution in [0.5, 0.6) is 0 Å². The Morgan fingerprint density at radius 2 is 1.40 bits per heavy atom. The maximum atomic E-state index is 5.12. The molecule has 0 unspecified atom stereocenters. The number of hydrogen-bond acceptors (Lipinski definition) is 2. The minimum Gasteiger partial charge on any atom is -0.294 e. The number of allylic oxidation sites excluding steroid dienone is 1. The second-order valence-electron chi connectivity index (χ2n) is 11.1. The van der Waals surface area contributed by atoms with Crippen LogP contribution in [0.3, 0.4) is 0 Å². The summed E-state index contributed by atoms with van der Waals surface area (Å²) in [5, 5.41) is 2.48. The lowest BCUT2D eigenvalue weighted by molar-refractivity contribution is 0.983. The number of thioether (sulfide) groups is 1. The lowest BCUT2D eigenvalue weighted by atomic mass is 9.88. The van der Waals surface area contributed by atoms with Crippen molar-refractivity contribution in [1.29, 1.82) is 0 Å². The van der Waals surface area contributed by atoms with E-state index < -0.39 is 0 Å². The van der Waals surface area contributed by atoms with Gasteiger partial charge in [0.05, 0.1) is 16.7 Å². The summed E-state index contributed by atoms with van der Waals surface area (Å²) in [5.74, 6) is 0.929. The van der Waals surface area contributed by atoms with Gasteiger partial charge in [-0.3, -0.25) is 4.57 Å². The predicted molar refractivity (Wildman–Crippen MR) is 177 cm³/mol. The molecule has 7 aromatic rings. The first-order valence-corrected chi connectivity index (χ1v) is 15.3. The molecular weight excluding hydrogens is 529 g/mol. The quantitative estimate of drug-likeness (QED) is 0.216. The fourth-order valence-corrected chi connectivity index (χ4v) is 7.92. The van der Waals surface area contributed by atoms with Crippen molar-refractivity contribution in [2.24, 2.45) is 0 Å². The van der Waals surface area contributed by atoms with Crippen LogP contribution in [0.1, 0.15) is 17.5 Å². The van der Waals surface area contributed by atoms with Gasteiger partial charge < -0.3 is 0 Å². The summed E-state index contributed by atoms with van der Waals surface area (Å²) in [7, 11) is 0. The number of aromatic nitrogens is 2. The number of hydrogen-bond donors (Lipinski definition) is 0. The number of nitrogens with zero attached hydrogens (tertiary/aromatic N) is 2. The Kier molecular flexibility index (Phi) is 5.29. The van der Waals surface area contributed by atoms with Gasteiger partial charge in [0.15, 0.2) is 0 Å². The molecule has 198 valence electrons. The van der Waals surface area contributed by atoms with Crippen molar-refractivity contribution >= 4 is 38.5 Å². The second-order valence-corrected chi connectivity index (χ2v) is 12.2. The van der Waals surface area contributed by atoms with Crippen molar-refractivity contribution in [2.75, 3.05) is 0 Å². The van der Waals surface area contributed by atoms with E-state index in [4.69, 9.17) is 4.98 Å². The molecule has 1 aliphatic heterocycles. The van der Waals surface area contributed by atoms with Crippen LogP contribution in [0.15, 0.2) is 138 Å². The van der Waals surface area contributed by atoms with E-state index >= 15 is 0 Å². The Morgan fingerprint density at radius 1 is 0.595 bits per heavy atom. The third-order valence-electron chi connectivity index (χ3n) is 8.67. The van der Waals surface area contributed by atoms with E-state index in [2.05, 4.69) is 132 Å². The summed E-state index contributed by atoms with van der Waals surface area (Å²) in [5.41, 5.74) is 12.5. The van der Waals surface area contributed by atoms with Crippen LogP contribution in [0.4, 0.5) is 0 Å². The van der Waals surface area contributed by atoms with Crippen LogP contribution < -0.4 is 0 Å². The third-order valence-corrected chi connectivity index (χ3v) is 9.84. The van der Waals surface area contributed by atoms with Gasteiger partial charge in [0.1, 0.15) is 5.82 Å². The van der Waals surface area contributed by atoms with E-state index in [0.29, 0.717) is 0 Å². The molecule has 3 heterocycles. The highest BCUT2D eigenvalue weighted by molar-refractivity contribution is 8.08. The van der Waals surface area contributed by atoms with Crippen molar-refractivity contribution in [1.82, 2.24) is 9.55 Å². The molecule has 0 saturated carbocycles. The molecule has 42 heavy (non-hydrogen) atoms. The Morgan fingerprint density at radius 3 is 2.36 bits per heavy atom. The molecule has 3 heteroatoms. The monoisotopic (exact) mass is 554 g/mol. The van der Waals surface area contributed by atoms with Gasteiger partial charge in [0.2, 0.25) is 0 Å². The van der Waals surface area contributed by atoms with Crippen molar-refractivity contribution < 1.29 is 0 Å². The van der Waals surface area contributed by atoms with Gasteiger partial charge in [-0.05, 0) is 88.7 Å². The van der Waals surface area contributed by atoms with Crippen LogP contribution in [0.2, 0.25) is 0 Å². The topological polar surface area (TPSA) is 17.8 Å². The second kappa shape index (κ2) is 9.34. The largest absolute Gasteiger partial charge is 0.294 e. The van der Waals surface area contributed by atoms with Gasteiger partial charge in [0.25, 0.3) is 0 Å². The predicted octanol–water partition coefficient (Wildman–Crippen LogP) is 10.6. The zero-order chi connectivity index (χ0) is 27.6. The summed E-state index contributed by atoms with van der Waals surface area (Å²) >= 11 is 1.92. The molecule has 1 aliphatic carbocycles. The van der Waals surface area contributed by atoms with Crippen LogP contribution in [0, 0.1) is 0 Å². The van der Waals surface area contributed by atoms with Gasteiger partial charge in [-0.15, -0.1) is 0 Å². The summed E-state index contributed by atoms with van der Waals surface area (Å²) in [6.45, 7) is 0.